The number of hydrogen-bond donors (Lipinski definition) is 0. The number of esters is 2. The number of hydrogen-bond acceptors (Lipinski definition) is 4. The van der Waals surface area contributed by atoms with E-state index in [1.165, 1.54) is 5.57 Å². The molecule has 0 radical (unpaired) electrons. The zero-order valence-corrected chi connectivity index (χ0v) is 14.3. The second kappa shape index (κ2) is 7.95. The molecule has 0 saturated carbocycles. The van der Waals surface area contributed by atoms with Gasteiger partial charge in [-0.3, -0.25) is 0 Å². The minimum Gasteiger partial charge on any atom is -0.454 e. The molecular weight excluding hydrogens is 304 g/mol. The molecule has 0 aromatic heterocycles. The molecule has 0 bridgehead atoms. The molecular formula is C20H24O4. The topological polar surface area (TPSA) is 52.6 Å². The molecule has 0 spiro atoms. The maximum Gasteiger partial charge on any atom is 0.338 e. The van der Waals surface area contributed by atoms with Crippen LogP contribution in [0.3, 0.4) is 0 Å². The fraction of sp³-hybridized carbons (Fsp3) is 0.400. The van der Waals surface area contributed by atoms with Gasteiger partial charge in [-0.2, -0.15) is 0 Å². The predicted molar refractivity (Wildman–Crippen MR) is 92.9 cm³/mol. The molecule has 0 aliphatic heterocycles. The van der Waals surface area contributed by atoms with E-state index < -0.39 is 0 Å². The molecule has 2 unspecified atom stereocenters. The highest BCUT2D eigenvalue weighted by atomic mass is 16.5. The zero-order valence-electron chi connectivity index (χ0n) is 14.3. The van der Waals surface area contributed by atoms with E-state index in [2.05, 4.69) is 19.2 Å². The van der Waals surface area contributed by atoms with Gasteiger partial charge in [0, 0.05) is 24.0 Å². The van der Waals surface area contributed by atoms with Crippen molar-refractivity contribution in [3.05, 3.63) is 59.9 Å². The SMILES string of the molecule is C=C(C)C(=O)OC1=CCC(C2=CCC(OC(=O)C(=C)C)C=C2)CC1. The molecule has 4 heteroatoms. The molecule has 2 atom stereocenters. The number of carbonyl (C=O) groups excluding carboxylic acids is 2. The molecule has 128 valence electrons. The van der Waals surface area contributed by atoms with Gasteiger partial charge in [0.15, 0.2) is 0 Å². The van der Waals surface area contributed by atoms with Crippen LogP contribution in [0.2, 0.25) is 0 Å². The second-order valence-corrected chi connectivity index (χ2v) is 6.33. The highest BCUT2D eigenvalue weighted by Gasteiger charge is 2.22. The Hall–Kier alpha value is -2.36. The van der Waals surface area contributed by atoms with E-state index in [-0.39, 0.29) is 18.0 Å². The maximum atomic E-state index is 11.5. The van der Waals surface area contributed by atoms with Crippen LogP contribution in [0.1, 0.15) is 39.5 Å². The Balaban J connectivity index is 1.86. The first-order chi connectivity index (χ1) is 11.4. The molecule has 0 fully saturated rings. The average Bonchev–Trinajstić information content (AvgIpc) is 2.56. The van der Waals surface area contributed by atoms with E-state index in [0.29, 0.717) is 23.5 Å². The fourth-order valence-corrected chi connectivity index (χ4v) is 2.66. The number of ether oxygens (including phenoxy) is 2. The van der Waals surface area contributed by atoms with Gasteiger partial charge in [0.25, 0.3) is 0 Å². The highest BCUT2D eigenvalue weighted by molar-refractivity contribution is 5.87. The Bertz CT molecular complexity index is 649. The standard InChI is InChI=1S/C20H24O4/c1-13(2)19(21)23-17-9-5-15(6-10-17)16-7-11-18(12-8-16)24-20(22)14(3)4/h5-6,9,11,16-17H,1,3,7-8,10,12H2,2,4H3. The van der Waals surface area contributed by atoms with Gasteiger partial charge >= 0.3 is 11.9 Å². The van der Waals surface area contributed by atoms with Crippen LogP contribution in [0.4, 0.5) is 0 Å². The molecule has 0 N–H and O–H groups in total. The van der Waals surface area contributed by atoms with Crippen molar-refractivity contribution >= 4 is 11.9 Å². The first-order valence-corrected chi connectivity index (χ1v) is 8.18. The van der Waals surface area contributed by atoms with Crippen molar-refractivity contribution in [1.29, 1.82) is 0 Å². The average molecular weight is 328 g/mol. The lowest BCUT2D eigenvalue weighted by molar-refractivity contribution is -0.142. The van der Waals surface area contributed by atoms with Crippen LogP contribution in [0.5, 0.6) is 0 Å². The molecule has 0 aromatic carbocycles. The van der Waals surface area contributed by atoms with Gasteiger partial charge in [0.05, 0.1) is 0 Å². The van der Waals surface area contributed by atoms with Crippen molar-refractivity contribution in [3.8, 4) is 0 Å². The minimum atomic E-state index is -0.362. The fourth-order valence-electron chi connectivity index (χ4n) is 2.66. The van der Waals surface area contributed by atoms with Crippen molar-refractivity contribution in [2.24, 2.45) is 5.92 Å². The molecule has 0 saturated heterocycles. The monoisotopic (exact) mass is 328 g/mol. The predicted octanol–water partition coefficient (Wildman–Crippen LogP) is 4.16. The largest absolute Gasteiger partial charge is 0.454 e. The van der Waals surface area contributed by atoms with Crippen LogP contribution in [0.25, 0.3) is 0 Å². The van der Waals surface area contributed by atoms with Crippen molar-refractivity contribution in [2.75, 3.05) is 0 Å². The van der Waals surface area contributed by atoms with Crippen molar-refractivity contribution < 1.29 is 19.1 Å². The number of allylic oxidation sites excluding steroid dienone is 4. The summed E-state index contributed by atoms with van der Waals surface area (Å²) >= 11 is 0. The first-order valence-electron chi connectivity index (χ1n) is 8.18. The summed E-state index contributed by atoms with van der Waals surface area (Å²) in [7, 11) is 0. The van der Waals surface area contributed by atoms with Crippen LogP contribution < -0.4 is 0 Å². The summed E-state index contributed by atoms with van der Waals surface area (Å²) in [5.74, 6) is 0.420. The molecule has 2 aliphatic rings. The van der Waals surface area contributed by atoms with Gasteiger partial charge in [0.1, 0.15) is 11.9 Å². The van der Waals surface area contributed by atoms with Crippen LogP contribution in [-0.2, 0) is 19.1 Å². The van der Waals surface area contributed by atoms with Gasteiger partial charge in [-0.1, -0.05) is 25.3 Å². The third-order valence-electron chi connectivity index (χ3n) is 4.11. The summed E-state index contributed by atoms with van der Waals surface area (Å²) in [6.07, 6.45) is 11.0. The second-order valence-electron chi connectivity index (χ2n) is 6.33. The third-order valence-corrected chi connectivity index (χ3v) is 4.11. The van der Waals surface area contributed by atoms with Crippen molar-refractivity contribution in [2.45, 2.75) is 45.6 Å². The normalized spacial score (nSPS) is 22.9. The van der Waals surface area contributed by atoms with Crippen molar-refractivity contribution in [1.82, 2.24) is 0 Å². The van der Waals surface area contributed by atoms with Gasteiger partial charge in [-0.25, -0.2) is 9.59 Å². The maximum absolute atomic E-state index is 11.5. The van der Waals surface area contributed by atoms with E-state index in [1.54, 1.807) is 13.8 Å². The summed E-state index contributed by atoms with van der Waals surface area (Å²) in [6.45, 7) is 10.5. The first kappa shape index (κ1) is 18.0. The van der Waals surface area contributed by atoms with Gasteiger partial charge in [0.2, 0.25) is 0 Å². The van der Waals surface area contributed by atoms with Crippen LogP contribution in [0, 0.1) is 5.92 Å². The summed E-state index contributed by atoms with van der Waals surface area (Å²) < 4.78 is 10.6. The Morgan fingerprint density at radius 2 is 1.79 bits per heavy atom. The molecule has 0 heterocycles. The van der Waals surface area contributed by atoms with Gasteiger partial charge < -0.3 is 9.47 Å². The lowest BCUT2D eigenvalue weighted by Crippen LogP contribution is -2.19. The Kier molecular flexibility index (Phi) is 5.96. The summed E-state index contributed by atoms with van der Waals surface area (Å²) in [5.41, 5.74) is 2.07. The molecule has 2 aliphatic carbocycles. The Morgan fingerprint density at radius 1 is 1.08 bits per heavy atom. The lowest BCUT2D eigenvalue weighted by Gasteiger charge is -2.25. The summed E-state index contributed by atoms with van der Waals surface area (Å²) in [4.78, 5) is 23.1. The Labute approximate surface area is 143 Å². The van der Waals surface area contributed by atoms with Gasteiger partial charge in [-0.15, -0.1) is 0 Å². The Morgan fingerprint density at radius 3 is 2.29 bits per heavy atom. The molecule has 2 rings (SSSR count). The van der Waals surface area contributed by atoms with E-state index in [1.807, 2.05) is 18.2 Å². The van der Waals surface area contributed by atoms with E-state index in [9.17, 15) is 9.59 Å². The van der Waals surface area contributed by atoms with E-state index >= 15 is 0 Å². The number of carbonyl (C=O) groups is 2. The summed E-state index contributed by atoms with van der Waals surface area (Å²) in [5, 5.41) is 0. The molecule has 0 amide bonds. The van der Waals surface area contributed by atoms with Gasteiger partial charge in [-0.05, 0) is 50.3 Å². The third kappa shape index (κ3) is 4.82. The van der Waals surface area contributed by atoms with Crippen LogP contribution in [0.15, 0.2) is 59.9 Å². The molecule has 0 aromatic rings. The molecule has 4 nitrogen and oxygen atoms in total. The smallest absolute Gasteiger partial charge is 0.338 e. The van der Waals surface area contributed by atoms with Crippen LogP contribution in [-0.4, -0.2) is 18.0 Å². The lowest BCUT2D eigenvalue weighted by atomic mass is 9.84. The highest BCUT2D eigenvalue weighted by Crippen LogP contribution is 2.32. The summed E-state index contributed by atoms with van der Waals surface area (Å²) in [6, 6.07) is 0. The quantitative estimate of drug-likeness (QED) is 0.561. The number of rotatable bonds is 5. The van der Waals surface area contributed by atoms with Crippen molar-refractivity contribution in [3.63, 3.8) is 0 Å². The van der Waals surface area contributed by atoms with E-state index in [0.717, 1.165) is 25.0 Å². The minimum absolute atomic E-state index is 0.218. The molecule has 24 heavy (non-hydrogen) atoms. The van der Waals surface area contributed by atoms with E-state index in [4.69, 9.17) is 9.47 Å². The zero-order chi connectivity index (χ0) is 17.7. The van der Waals surface area contributed by atoms with Crippen LogP contribution >= 0.6 is 0 Å².